The van der Waals surface area contributed by atoms with E-state index in [0.29, 0.717) is 0 Å². The molecule has 11 heavy (non-hydrogen) atoms. The molecule has 50 valence electrons. The summed E-state index contributed by atoms with van der Waals surface area (Å²) in [5.74, 6) is 0. The molecule has 1 rings (SSSR count). The van der Waals surface area contributed by atoms with Gasteiger partial charge in [-0.25, -0.2) is 0 Å². The molecule has 0 spiro atoms. The summed E-state index contributed by atoms with van der Waals surface area (Å²) in [6.45, 7) is 3.66. The molecule has 0 aliphatic heterocycles. The topological polar surface area (TPSA) is 0 Å². The molecule has 0 heterocycles. The summed E-state index contributed by atoms with van der Waals surface area (Å²) in [6.07, 6.45) is 2.89. The Labute approximate surface area is 133 Å². The van der Waals surface area contributed by atoms with Crippen LogP contribution in [0, 0.1) is 0 Å². The number of benzene rings is 1. The second kappa shape index (κ2) is 9.68. The van der Waals surface area contributed by atoms with E-state index in [1.54, 1.807) is 0 Å². The van der Waals surface area contributed by atoms with Gasteiger partial charge >= 0.3 is 80.9 Å². The summed E-state index contributed by atoms with van der Waals surface area (Å²) in [6, 6.07) is 10.3. The van der Waals surface area contributed by atoms with Crippen LogP contribution in [-0.2, 0) is 6.42 Å². The first-order valence-electron chi connectivity index (χ1n) is 3.08. The summed E-state index contributed by atoms with van der Waals surface area (Å²) in [4.78, 5) is 0. The van der Waals surface area contributed by atoms with Crippen LogP contribution in [0.4, 0.5) is 0 Å². The van der Waals surface area contributed by atoms with Crippen LogP contribution in [0.1, 0.15) is 5.56 Å². The molecule has 0 saturated heterocycles. The molecule has 0 N–H and O–H groups in total. The monoisotopic (exact) mass is 182 g/mol. The van der Waals surface area contributed by atoms with Crippen LogP contribution in [0.2, 0.25) is 0 Å². The summed E-state index contributed by atoms with van der Waals surface area (Å²) >= 11 is 0. The zero-order valence-corrected chi connectivity index (χ0v) is 5.38. The minimum atomic E-state index is 0. The first-order chi connectivity index (χ1) is 4.43. The molecular weight excluding hydrogens is 170 g/mol. The standard InChI is InChI=1S/C9H10.K.Na.2H/c1-2-6-9-7-4-3-5-8-9;;;;/h2-5,7-8H,1,6H2;;;;. The van der Waals surface area contributed by atoms with Crippen molar-refractivity contribution in [3.63, 3.8) is 0 Å². The molecule has 0 aliphatic carbocycles. The Morgan fingerprint density at radius 3 is 2.18 bits per heavy atom. The molecular formula is C9H12KNa. The molecule has 0 aliphatic rings. The van der Waals surface area contributed by atoms with Crippen molar-refractivity contribution in [2.75, 3.05) is 0 Å². The second-order valence-electron chi connectivity index (χ2n) is 1.98. The molecule has 2 heteroatoms. The van der Waals surface area contributed by atoms with Gasteiger partial charge in [0.25, 0.3) is 0 Å². The fourth-order valence-corrected chi connectivity index (χ4v) is 0.781. The van der Waals surface area contributed by atoms with Crippen LogP contribution < -0.4 is 0 Å². The molecule has 0 unspecified atom stereocenters. The van der Waals surface area contributed by atoms with Gasteiger partial charge in [0.15, 0.2) is 0 Å². The van der Waals surface area contributed by atoms with Gasteiger partial charge in [0.2, 0.25) is 0 Å². The average Bonchev–Trinajstić information content (AvgIpc) is 1.91. The fourth-order valence-electron chi connectivity index (χ4n) is 0.781. The van der Waals surface area contributed by atoms with E-state index in [0.717, 1.165) is 6.42 Å². The van der Waals surface area contributed by atoms with Crippen molar-refractivity contribution in [3.05, 3.63) is 48.6 Å². The zero-order valence-electron chi connectivity index (χ0n) is 5.38. The Morgan fingerprint density at radius 1 is 1.18 bits per heavy atom. The predicted octanol–water partition coefficient (Wildman–Crippen LogP) is 1.12. The normalized spacial score (nSPS) is 7.27. The third-order valence-corrected chi connectivity index (χ3v) is 1.22. The Balaban J connectivity index is 0. The third-order valence-electron chi connectivity index (χ3n) is 1.22. The van der Waals surface area contributed by atoms with Crippen LogP contribution in [0.15, 0.2) is 43.0 Å². The van der Waals surface area contributed by atoms with Crippen LogP contribution >= 0.6 is 0 Å². The molecule has 0 radical (unpaired) electrons. The zero-order chi connectivity index (χ0) is 6.53. The molecule has 1 aromatic rings. The van der Waals surface area contributed by atoms with Crippen molar-refractivity contribution in [1.82, 2.24) is 0 Å². The van der Waals surface area contributed by atoms with Gasteiger partial charge in [-0.1, -0.05) is 36.4 Å². The van der Waals surface area contributed by atoms with E-state index in [1.807, 2.05) is 24.3 Å². The van der Waals surface area contributed by atoms with Crippen LogP contribution in [0.3, 0.4) is 0 Å². The van der Waals surface area contributed by atoms with E-state index in [4.69, 9.17) is 0 Å². The van der Waals surface area contributed by atoms with Gasteiger partial charge in [0, 0.05) is 0 Å². The van der Waals surface area contributed by atoms with E-state index in [2.05, 4.69) is 18.7 Å². The Morgan fingerprint density at radius 2 is 1.73 bits per heavy atom. The first-order valence-corrected chi connectivity index (χ1v) is 3.08. The molecule has 1 aromatic carbocycles. The minimum absolute atomic E-state index is 0. The van der Waals surface area contributed by atoms with Gasteiger partial charge in [-0.3, -0.25) is 0 Å². The molecule has 0 amide bonds. The second-order valence-corrected chi connectivity index (χ2v) is 1.98. The molecule has 0 fully saturated rings. The van der Waals surface area contributed by atoms with Gasteiger partial charge in [0.1, 0.15) is 0 Å². The quantitative estimate of drug-likeness (QED) is 0.475. The van der Waals surface area contributed by atoms with E-state index >= 15 is 0 Å². The maximum absolute atomic E-state index is 3.66. The van der Waals surface area contributed by atoms with Gasteiger partial charge in [-0.05, 0) is 12.0 Å². The predicted molar refractivity (Wildman–Crippen MR) is 54.6 cm³/mol. The van der Waals surface area contributed by atoms with Crippen molar-refractivity contribution >= 4 is 80.9 Å². The van der Waals surface area contributed by atoms with Gasteiger partial charge in [0.05, 0.1) is 0 Å². The van der Waals surface area contributed by atoms with E-state index in [1.165, 1.54) is 5.56 Å². The van der Waals surface area contributed by atoms with Crippen LogP contribution in [0.25, 0.3) is 0 Å². The Bertz CT molecular complexity index is 184. The van der Waals surface area contributed by atoms with E-state index in [9.17, 15) is 0 Å². The van der Waals surface area contributed by atoms with Crippen LogP contribution in [-0.4, -0.2) is 80.9 Å². The summed E-state index contributed by atoms with van der Waals surface area (Å²) in [5.41, 5.74) is 1.33. The van der Waals surface area contributed by atoms with Crippen molar-refractivity contribution in [2.24, 2.45) is 0 Å². The Kier molecular flexibility index (Phi) is 13.3. The van der Waals surface area contributed by atoms with Crippen LogP contribution in [0.5, 0.6) is 0 Å². The van der Waals surface area contributed by atoms with Gasteiger partial charge < -0.3 is 0 Å². The van der Waals surface area contributed by atoms with Crippen molar-refractivity contribution in [3.8, 4) is 0 Å². The number of allylic oxidation sites excluding steroid dienone is 1. The summed E-state index contributed by atoms with van der Waals surface area (Å²) in [7, 11) is 0. The SMILES string of the molecule is C=CCc1ccccc1.[KH].[NaH]. The van der Waals surface area contributed by atoms with Crippen molar-refractivity contribution < 1.29 is 0 Å². The fraction of sp³-hybridized carbons (Fsp3) is 0.111. The maximum atomic E-state index is 3.66. The summed E-state index contributed by atoms with van der Waals surface area (Å²) in [5, 5.41) is 0. The summed E-state index contributed by atoms with van der Waals surface area (Å²) < 4.78 is 0. The molecule has 0 saturated carbocycles. The van der Waals surface area contributed by atoms with Gasteiger partial charge in [-0.2, -0.15) is 0 Å². The molecule has 0 aromatic heterocycles. The number of hydrogen-bond acceptors (Lipinski definition) is 0. The third kappa shape index (κ3) is 6.73. The first kappa shape index (κ1) is 15.1. The number of rotatable bonds is 2. The van der Waals surface area contributed by atoms with E-state index in [-0.39, 0.29) is 80.9 Å². The Hall–Kier alpha value is 1.60. The average molecular weight is 182 g/mol. The van der Waals surface area contributed by atoms with Crippen molar-refractivity contribution in [1.29, 1.82) is 0 Å². The van der Waals surface area contributed by atoms with Crippen molar-refractivity contribution in [2.45, 2.75) is 6.42 Å². The van der Waals surface area contributed by atoms with E-state index < -0.39 is 0 Å². The number of hydrogen-bond donors (Lipinski definition) is 0. The molecule has 0 bridgehead atoms. The molecule has 0 atom stereocenters. The molecule has 0 nitrogen and oxygen atoms in total. The van der Waals surface area contributed by atoms with Gasteiger partial charge in [-0.15, -0.1) is 6.58 Å².